The van der Waals surface area contributed by atoms with Crippen LogP contribution in [-0.4, -0.2) is 16.5 Å². The summed E-state index contributed by atoms with van der Waals surface area (Å²) in [5.74, 6) is 9.64. The van der Waals surface area contributed by atoms with Crippen molar-refractivity contribution >= 4 is 11.6 Å². The van der Waals surface area contributed by atoms with Crippen molar-refractivity contribution in [2.45, 2.75) is 44.9 Å². The number of hydrazine groups is 1. The van der Waals surface area contributed by atoms with Gasteiger partial charge in [-0.3, -0.25) is 0 Å². The van der Waals surface area contributed by atoms with E-state index in [-0.39, 0.29) is 0 Å². The van der Waals surface area contributed by atoms with Gasteiger partial charge in [-0.05, 0) is 32.1 Å². The van der Waals surface area contributed by atoms with Crippen LogP contribution in [0.5, 0.6) is 0 Å². The molecule has 4 N–H and O–H groups in total. The molecule has 0 aliphatic heterocycles. The van der Waals surface area contributed by atoms with E-state index >= 15 is 0 Å². The Hall–Kier alpha value is -1.36. The van der Waals surface area contributed by atoms with Gasteiger partial charge in [-0.25, -0.2) is 15.8 Å². The van der Waals surface area contributed by atoms with Gasteiger partial charge in [0.1, 0.15) is 17.5 Å². The second-order valence-electron chi connectivity index (χ2n) is 5.48. The van der Waals surface area contributed by atoms with E-state index < -0.39 is 0 Å². The maximum absolute atomic E-state index is 5.53. The summed E-state index contributed by atoms with van der Waals surface area (Å²) in [6.45, 7) is 3.00. The zero-order valence-electron chi connectivity index (χ0n) is 10.9. The second kappa shape index (κ2) is 4.72. The van der Waals surface area contributed by atoms with Crippen LogP contribution >= 0.6 is 0 Å². The minimum absolute atomic E-state index is 0.543. The lowest BCUT2D eigenvalue weighted by atomic mass is 10.2. The van der Waals surface area contributed by atoms with Gasteiger partial charge < -0.3 is 10.7 Å². The maximum atomic E-state index is 5.53. The van der Waals surface area contributed by atoms with Crippen LogP contribution in [0.2, 0.25) is 0 Å². The minimum atomic E-state index is 0.543. The molecule has 3 rings (SSSR count). The fraction of sp³-hybridized carbons (Fsp3) is 0.692. The van der Waals surface area contributed by atoms with Crippen LogP contribution in [0.4, 0.5) is 11.6 Å². The zero-order chi connectivity index (χ0) is 12.5. The van der Waals surface area contributed by atoms with Gasteiger partial charge in [-0.1, -0.05) is 12.8 Å². The Kier molecular flexibility index (Phi) is 3.07. The number of nitrogens with zero attached hydrogens (tertiary/aromatic N) is 2. The predicted octanol–water partition coefficient (Wildman–Crippen LogP) is 2.16. The molecule has 5 heteroatoms. The summed E-state index contributed by atoms with van der Waals surface area (Å²) in [5, 5.41) is 3.44. The van der Waals surface area contributed by atoms with E-state index in [9.17, 15) is 0 Å². The van der Waals surface area contributed by atoms with E-state index in [4.69, 9.17) is 5.84 Å². The average molecular weight is 247 g/mol. The molecular weight excluding hydrogens is 226 g/mol. The van der Waals surface area contributed by atoms with E-state index in [2.05, 4.69) is 20.7 Å². The highest BCUT2D eigenvalue weighted by atomic mass is 15.3. The first-order valence-corrected chi connectivity index (χ1v) is 6.87. The Balaban J connectivity index is 1.74. The van der Waals surface area contributed by atoms with E-state index in [1.807, 2.05) is 6.92 Å². The fourth-order valence-electron chi connectivity index (χ4n) is 2.17. The third kappa shape index (κ3) is 2.56. The Morgan fingerprint density at radius 3 is 2.50 bits per heavy atom. The van der Waals surface area contributed by atoms with Gasteiger partial charge >= 0.3 is 0 Å². The smallest absolute Gasteiger partial charge is 0.148 e. The standard InChI is InChI=1S/C13H21N5/c1-8-11(15-7-6-9-2-3-9)16-13(10-4-5-10)17-12(8)18-14/h9-10H,2-7,14H2,1H3,(H2,15,16,17,18). The Labute approximate surface area is 108 Å². The number of hydrogen-bond donors (Lipinski definition) is 3. The molecule has 1 heterocycles. The SMILES string of the molecule is Cc1c(NN)nc(C2CC2)nc1NCCC1CC1. The molecule has 0 aromatic carbocycles. The largest absolute Gasteiger partial charge is 0.370 e. The van der Waals surface area contributed by atoms with Crippen LogP contribution < -0.4 is 16.6 Å². The third-order valence-electron chi connectivity index (χ3n) is 3.78. The molecule has 0 atom stereocenters. The predicted molar refractivity (Wildman–Crippen MR) is 72.4 cm³/mol. The normalized spacial score (nSPS) is 18.8. The van der Waals surface area contributed by atoms with E-state index in [0.29, 0.717) is 5.92 Å². The number of hydrogen-bond acceptors (Lipinski definition) is 5. The van der Waals surface area contributed by atoms with Crippen LogP contribution in [-0.2, 0) is 0 Å². The molecule has 2 aliphatic rings. The van der Waals surface area contributed by atoms with Crippen molar-refractivity contribution in [1.82, 2.24) is 9.97 Å². The van der Waals surface area contributed by atoms with Crippen molar-refractivity contribution in [3.8, 4) is 0 Å². The lowest BCUT2D eigenvalue weighted by Crippen LogP contribution is -2.15. The number of nitrogens with two attached hydrogens (primary N) is 1. The molecule has 18 heavy (non-hydrogen) atoms. The van der Waals surface area contributed by atoms with Crippen LogP contribution in [0, 0.1) is 12.8 Å². The van der Waals surface area contributed by atoms with Crippen molar-refractivity contribution in [2.24, 2.45) is 11.8 Å². The molecule has 0 radical (unpaired) electrons. The number of rotatable bonds is 6. The van der Waals surface area contributed by atoms with Crippen molar-refractivity contribution in [1.29, 1.82) is 0 Å². The van der Waals surface area contributed by atoms with Gasteiger partial charge in [0.25, 0.3) is 0 Å². The van der Waals surface area contributed by atoms with Crippen molar-refractivity contribution in [3.63, 3.8) is 0 Å². The highest BCUT2D eigenvalue weighted by Gasteiger charge is 2.28. The molecular formula is C13H21N5. The lowest BCUT2D eigenvalue weighted by Gasteiger charge is -2.13. The van der Waals surface area contributed by atoms with Crippen molar-refractivity contribution < 1.29 is 0 Å². The molecule has 0 spiro atoms. The molecule has 98 valence electrons. The second-order valence-corrected chi connectivity index (χ2v) is 5.48. The first-order valence-electron chi connectivity index (χ1n) is 6.87. The quantitative estimate of drug-likeness (QED) is 0.530. The van der Waals surface area contributed by atoms with Crippen LogP contribution in [0.3, 0.4) is 0 Å². The maximum Gasteiger partial charge on any atom is 0.148 e. The van der Waals surface area contributed by atoms with Gasteiger partial charge in [-0.2, -0.15) is 0 Å². The summed E-state index contributed by atoms with van der Waals surface area (Å²) >= 11 is 0. The fourth-order valence-corrected chi connectivity index (χ4v) is 2.17. The summed E-state index contributed by atoms with van der Waals surface area (Å²) in [4.78, 5) is 9.12. The van der Waals surface area contributed by atoms with Gasteiger partial charge in [-0.15, -0.1) is 0 Å². The van der Waals surface area contributed by atoms with E-state index in [1.54, 1.807) is 0 Å². The Morgan fingerprint density at radius 1 is 1.17 bits per heavy atom. The molecule has 2 fully saturated rings. The van der Waals surface area contributed by atoms with Gasteiger partial charge in [0.2, 0.25) is 0 Å². The highest BCUT2D eigenvalue weighted by Crippen LogP contribution is 2.39. The van der Waals surface area contributed by atoms with Crippen LogP contribution in [0.25, 0.3) is 0 Å². The summed E-state index contributed by atoms with van der Waals surface area (Å²) < 4.78 is 0. The molecule has 2 aliphatic carbocycles. The molecule has 5 nitrogen and oxygen atoms in total. The van der Waals surface area contributed by atoms with Crippen molar-refractivity contribution in [2.75, 3.05) is 17.3 Å². The van der Waals surface area contributed by atoms with Gasteiger partial charge in [0, 0.05) is 18.0 Å². The molecule has 1 aromatic rings. The number of anilines is 2. The van der Waals surface area contributed by atoms with E-state index in [1.165, 1.54) is 32.1 Å². The third-order valence-corrected chi connectivity index (χ3v) is 3.78. The molecule has 2 saturated carbocycles. The van der Waals surface area contributed by atoms with Crippen LogP contribution in [0.15, 0.2) is 0 Å². The molecule has 0 unspecified atom stereocenters. The monoisotopic (exact) mass is 247 g/mol. The highest BCUT2D eigenvalue weighted by molar-refractivity contribution is 5.57. The summed E-state index contributed by atoms with van der Waals surface area (Å²) in [6, 6.07) is 0. The van der Waals surface area contributed by atoms with Gasteiger partial charge in [0.15, 0.2) is 0 Å². The summed E-state index contributed by atoms with van der Waals surface area (Å²) in [5.41, 5.74) is 3.69. The Bertz CT molecular complexity index is 437. The zero-order valence-corrected chi connectivity index (χ0v) is 10.9. The summed E-state index contributed by atoms with van der Waals surface area (Å²) in [6.07, 6.45) is 6.44. The molecule has 1 aromatic heterocycles. The molecule has 0 saturated heterocycles. The molecule has 0 bridgehead atoms. The van der Waals surface area contributed by atoms with Gasteiger partial charge in [0.05, 0.1) is 0 Å². The minimum Gasteiger partial charge on any atom is -0.370 e. The number of aromatic nitrogens is 2. The van der Waals surface area contributed by atoms with Crippen LogP contribution in [0.1, 0.15) is 49.4 Å². The van der Waals surface area contributed by atoms with E-state index in [0.717, 1.165) is 35.5 Å². The Morgan fingerprint density at radius 2 is 1.89 bits per heavy atom. The molecule has 0 amide bonds. The first-order chi connectivity index (χ1) is 8.78. The topological polar surface area (TPSA) is 75.9 Å². The number of nitrogens with one attached hydrogen (secondary N) is 2. The number of nitrogen functional groups attached to an aromatic ring is 1. The summed E-state index contributed by atoms with van der Waals surface area (Å²) in [7, 11) is 0. The lowest BCUT2D eigenvalue weighted by molar-refractivity contribution is 0.756. The first kappa shape index (κ1) is 11.7. The van der Waals surface area contributed by atoms with Crippen molar-refractivity contribution in [3.05, 3.63) is 11.4 Å². The average Bonchev–Trinajstić information content (AvgIpc) is 3.24.